The largest absolute Gasteiger partial charge is 0.449 e. The smallest absolute Gasteiger partial charge is 0.409 e. The quantitative estimate of drug-likeness (QED) is 0.544. The van der Waals surface area contributed by atoms with Crippen LogP contribution in [0.1, 0.15) is 30.1 Å². The van der Waals surface area contributed by atoms with Crippen molar-refractivity contribution >= 4 is 38.6 Å². The highest BCUT2D eigenvalue weighted by Gasteiger charge is 2.32. The van der Waals surface area contributed by atoms with Gasteiger partial charge in [0, 0.05) is 48.5 Å². The molecule has 2 heterocycles. The van der Waals surface area contributed by atoms with Crippen molar-refractivity contribution in [1.82, 2.24) is 14.8 Å². The minimum atomic E-state index is -3.88. The van der Waals surface area contributed by atoms with Gasteiger partial charge in [-0.2, -0.15) is 0 Å². The number of hydrogen-bond donors (Lipinski definition) is 1. The van der Waals surface area contributed by atoms with E-state index >= 15 is 0 Å². The molecule has 1 aliphatic carbocycles. The van der Waals surface area contributed by atoms with E-state index in [1.165, 1.54) is 6.07 Å². The second-order valence-electron chi connectivity index (χ2n) is 9.33. The maximum atomic E-state index is 13.1. The van der Waals surface area contributed by atoms with Gasteiger partial charge in [0.25, 0.3) is 15.9 Å². The zero-order valence-corrected chi connectivity index (χ0v) is 20.8. The molecule has 1 saturated heterocycles. The summed E-state index contributed by atoms with van der Waals surface area (Å²) < 4.78 is 34.0. The van der Waals surface area contributed by atoms with Gasteiger partial charge in [-0.05, 0) is 62.1 Å². The van der Waals surface area contributed by atoms with Gasteiger partial charge in [-0.1, -0.05) is 18.2 Å². The summed E-state index contributed by atoms with van der Waals surface area (Å²) in [6.07, 6.45) is 3.47. The molecule has 1 atom stereocenters. The summed E-state index contributed by atoms with van der Waals surface area (Å²) in [4.78, 5) is 33.1. The fraction of sp³-hybridized carbons (Fsp3) is 0.346. The molecule has 3 aromatic rings. The summed E-state index contributed by atoms with van der Waals surface area (Å²) >= 11 is 0. The van der Waals surface area contributed by atoms with Gasteiger partial charge in [0.2, 0.25) is 0 Å². The van der Waals surface area contributed by atoms with Crippen LogP contribution in [0.4, 0.5) is 10.5 Å². The topological polar surface area (TPSA) is 109 Å². The normalized spacial score (nSPS) is 18.2. The van der Waals surface area contributed by atoms with Crippen LogP contribution in [0, 0.1) is 5.92 Å². The van der Waals surface area contributed by atoms with Crippen LogP contribution in [0.25, 0.3) is 10.9 Å². The zero-order chi connectivity index (χ0) is 25.3. The Balaban J connectivity index is 1.23. The number of hydrogen-bond acceptors (Lipinski definition) is 6. The van der Waals surface area contributed by atoms with E-state index in [2.05, 4.69) is 9.71 Å². The van der Waals surface area contributed by atoms with E-state index in [1.54, 1.807) is 64.5 Å². The molecule has 1 aliphatic heterocycles. The molecule has 1 unspecified atom stereocenters. The lowest BCUT2D eigenvalue weighted by Crippen LogP contribution is -2.55. The van der Waals surface area contributed by atoms with Crippen molar-refractivity contribution in [1.29, 1.82) is 0 Å². The molecule has 1 N–H and O–H groups in total. The number of sulfonamides is 1. The van der Waals surface area contributed by atoms with Crippen LogP contribution in [0.5, 0.6) is 0 Å². The highest BCUT2D eigenvalue weighted by molar-refractivity contribution is 7.93. The van der Waals surface area contributed by atoms with E-state index < -0.39 is 10.0 Å². The SMILES string of the molecule is CC1CN(C(=O)OCC2CC2)CCN1C(=O)c1ccc(NS(=O)(=O)c2cccc3cccnc23)cc1. The van der Waals surface area contributed by atoms with Gasteiger partial charge in [-0.15, -0.1) is 0 Å². The first-order valence-corrected chi connectivity index (χ1v) is 13.5. The van der Waals surface area contributed by atoms with Gasteiger partial charge in [0.1, 0.15) is 4.90 Å². The predicted octanol–water partition coefficient (Wildman–Crippen LogP) is 3.73. The summed E-state index contributed by atoms with van der Waals surface area (Å²) in [6.45, 7) is 3.60. The van der Waals surface area contributed by atoms with Gasteiger partial charge in [-0.25, -0.2) is 13.2 Å². The Morgan fingerprint density at radius 1 is 1.06 bits per heavy atom. The number of nitrogens with one attached hydrogen (secondary N) is 1. The number of ether oxygens (including phenoxy) is 1. The first-order valence-electron chi connectivity index (χ1n) is 12.0. The van der Waals surface area contributed by atoms with Crippen LogP contribution in [0.2, 0.25) is 0 Å². The highest BCUT2D eigenvalue weighted by Crippen LogP contribution is 2.29. The number of fused-ring (bicyclic) bond motifs is 1. The molecule has 1 aromatic heterocycles. The van der Waals surface area contributed by atoms with E-state index in [4.69, 9.17) is 4.74 Å². The summed E-state index contributed by atoms with van der Waals surface area (Å²) in [6, 6.07) is 14.7. The molecule has 1 saturated carbocycles. The van der Waals surface area contributed by atoms with E-state index in [9.17, 15) is 18.0 Å². The van der Waals surface area contributed by atoms with Gasteiger partial charge in [-0.3, -0.25) is 14.5 Å². The van der Waals surface area contributed by atoms with Crippen LogP contribution < -0.4 is 4.72 Å². The fourth-order valence-corrected chi connectivity index (χ4v) is 5.58. The second-order valence-corrected chi connectivity index (χ2v) is 11.0. The lowest BCUT2D eigenvalue weighted by Gasteiger charge is -2.39. The first-order chi connectivity index (χ1) is 17.3. The van der Waals surface area contributed by atoms with E-state index in [1.807, 2.05) is 6.92 Å². The molecule has 0 bridgehead atoms. The Hall–Kier alpha value is -3.66. The number of amides is 2. The molecular weight excluding hydrogens is 480 g/mol. The van der Waals surface area contributed by atoms with Crippen LogP contribution in [0.15, 0.2) is 65.7 Å². The molecule has 2 aromatic carbocycles. The number of anilines is 1. The van der Waals surface area contributed by atoms with Gasteiger partial charge < -0.3 is 14.5 Å². The summed E-state index contributed by atoms with van der Waals surface area (Å²) in [5, 5.41) is 0.728. The van der Waals surface area contributed by atoms with E-state index in [0.29, 0.717) is 48.9 Å². The third-order valence-electron chi connectivity index (χ3n) is 6.56. The number of aromatic nitrogens is 1. The minimum Gasteiger partial charge on any atom is -0.449 e. The van der Waals surface area contributed by atoms with E-state index in [0.717, 1.165) is 18.2 Å². The molecule has 2 fully saturated rings. The lowest BCUT2D eigenvalue weighted by molar-refractivity contribution is 0.0404. The van der Waals surface area contributed by atoms with Crippen molar-refractivity contribution in [3.63, 3.8) is 0 Å². The summed E-state index contributed by atoms with van der Waals surface area (Å²) in [5.74, 6) is 0.339. The number of carbonyl (C=O) groups excluding carboxylic acids is 2. The maximum absolute atomic E-state index is 13.1. The van der Waals surface area contributed by atoms with Crippen LogP contribution in [0.3, 0.4) is 0 Å². The lowest BCUT2D eigenvalue weighted by atomic mass is 10.1. The molecular formula is C26H28N4O5S. The Bertz CT molecular complexity index is 1380. The Kier molecular flexibility index (Phi) is 6.53. The third kappa shape index (κ3) is 5.13. The number of nitrogens with zero attached hydrogens (tertiary/aromatic N) is 3. The van der Waals surface area contributed by atoms with Crippen molar-refractivity contribution in [3.05, 3.63) is 66.4 Å². The third-order valence-corrected chi connectivity index (χ3v) is 7.97. The average Bonchev–Trinajstić information content (AvgIpc) is 3.71. The standard InChI is InChI=1S/C26H28N4O5S/c1-18-16-29(26(32)35-17-19-7-8-19)14-15-30(18)25(31)21-9-11-22(12-10-21)28-36(33,34)23-6-2-4-20-5-3-13-27-24(20)23/h2-6,9-13,18-19,28H,7-8,14-17H2,1H3. The molecule has 9 nitrogen and oxygen atoms in total. The van der Waals surface area contributed by atoms with Gasteiger partial charge in [0.05, 0.1) is 12.1 Å². The number of rotatable bonds is 6. The van der Waals surface area contributed by atoms with Gasteiger partial charge >= 0.3 is 6.09 Å². The highest BCUT2D eigenvalue weighted by atomic mass is 32.2. The van der Waals surface area contributed by atoms with E-state index in [-0.39, 0.29) is 22.9 Å². The number of para-hydroxylation sites is 1. The first kappa shape index (κ1) is 24.1. The molecule has 5 rings (SSSR count). The summed E-state index contributed by atoms with van der Waals surface area (Å²) in [5.41, 5.74) is 1.18. The van der Waals surface area contributed by atoms with Crippen molar-refractivity contribution in [2.75, 3.05) is 31.0 Å². The number of benzene rings is 2. The van der Waals surface area contributed by atoms with Crippen LogP contribution in [-0.2, 0) is 14.8 Å². The number of pyridine rings is 1. The van der Waals surface area contributed by atoms with Crippen molar-refractivity contribution in [2.45, 2.75) is 30.7 Å². The molecule has 2 aliphatic rings. The van der Waals surface area contributed by atoms with Crippen LogP contribution in [-0.4, -0.2) is 67.5 Å². The average molecular weight is 509 g/mol. The van der Waals surface area contributed by atoms with Crippen molar-refractivity contribution in [2.24, 2.45) is 5.92 Å². The monoisotopic (exact) mass is 508 g/mol. The second kappa shape index (κ2) is 9.77. The zero-order valence-electron chi connectivity index (χ0n) is 20.0. The van der Waals surface area contributed by atoms with Crippen molar-refractivity contribution < 1.29 is 22.7 Å². The Morgan fingerprint density at radius 2 is 1.81 bits per heavy atom. The maximum Gasteiger partial charge on any atom is 0.409 e. The summed E-state index contributed by atoms with van der Waals surface area (Å²) in [7, 11) is -3.88. The molecule has 0 spiro atoms. The molecule has 2 amide bonds. The Labute approximate surface area is 210 Å². The number of carbonyl (C=O) groups is 2. The van der Waals surface area contributed by atoms with Crippen molar-refractivity contribution in [3.8, 4) is 0 Å². The Morgan fingerprint density at radius 3 is 2.53 bits per heavy atom. The van der Waals surface area contributed by atoms with Crippen LogP contribution >= 0.6 is 0 Å². The predicted molar refractivity (Wildman–Crippen MR) is 135 cm³/mol. The molecule has 0 radical (unpaired) electrons. The molecule has 10 heteroatoms. The van der Waals surface area contributed by atoms with Gasteiger partial charge in [0.15, 0.2) is 0 Å². The molecule has 36 heavy (non-hydrogen) atoms. The fourth-order valence-electron chi connectivity index (χ4n) is 4.34. The number of piperazine rings is 1. The minimum absolute atomic E-state index is 0.0862. The molecule has 188 valence electrons.